The van der Waals surface area contributed by atoms with Crippen molar-refractivity contribution >= 4 is 31.5 Å². The van der Waals surface area contributed by atoms with Crippen LogP contribution in [0.4, 0.5) is 4.39 Å². The van der Waals surface area contributed by atoms with Gasteiger partial charge in [-0.3, -0.25) is 0 Å². The molecule has 1 heterocycles. The number of hydrogen-bond donors (Lipinski definition) is 0. The van der Waals surface area contributed by atoms with Crippen LogP contribution in [-0.4, -0.2) is 0 Å². The van der Waals surface area contributed by atoms with Gasteiger partial charge in [-0.25, -0.2) is 4.39 Å². The third-order valence-electron chi connectivity index (χ3n) is 4.77. The summed E-state index contributed by atoms with van der Waals surface area (Å²) in [6.07, 6.45) is 0. The second-order valence-corrected chi connectivity index (χ2v) is 7.48. The second-order valence-electron chi connectivity index (χ2n) is 6.39. The Morgan fingerprint density at radius 2 is 1.04 bits per heavy atom. The number of hydrogen-bond acceptors (Lipinski definition) is 1. The second kappa shape index (κ2) is 6.08. The van der Waals surface area contributed by atoms with Crippen LogP contribution in [0.1, 0.15) is 0 Å². The molecule has 0 aliphatic rings. The third kappa shape index (κ3) is 2.59. The predicted octanol–water partition coefficient (Wildman–Crippen LogP) is 7.53. The van der Waals surface area contributed by atoms with E-state index in [-0.39, 0.29) is 5.82 Å². The Bertz CT molecular complexity index is 1220. The van der Waals surface area contributed by atoms with E-state index in [0.717, 1.165) is 11.1 Å². The maximum Gasteiger partial charge on any atom is 0.123 e. The van der Waals surface area contributed by atoms with Crippen molar-refractivity contribution in [3.63, 3.8) is 0 Å². The van der Waals surface area contributed by atoms with Crippen LogP contribution < -0.4 is 0 Å². The fourth-order valence-corrected chi connectivity index (χ4v) is 4.49. The summed E-state index contributed by atoms with van der Waals surface area (Å²) >= 11 is 1.84. The topological polar surface area (TPSA) is 0 Å². The van der Waals surface area contributed by atoms with Crippen molar-refractivity contribution in [2.45, 2.75) is 0 Å². The molecule has 124 valence electrons. The summed E-state index contributed by atoms with van der Waals surface area (Å²) in [4.78, 5) is 0. The molecule has 0 aliphatic carbocycles. The number of benzene rings is 4. The Balaban J connectivity index is 1.56. The van der Waals surface area contributed by atoms with Crippen LogP contribution in [0.25, 0.3) is 42.4 Å². The number of fused-ring (bicyclic) bond motifs is 3. The summed E-state index contributed by atoms with van der Waals surface area (Å²) in [6, 6.07) is 30.3. The van der Waals surface area contributed by atoms with Crippen molar-refractivity contribution in [1.29, 1.82) is 0 Å². The van der Waals surface area contributed by atoms with Gasteiger partial charge in [0.05, 0.1) is 0 Å². The molecule has 0 aliphatic heterocycles. The van der Waals surface area contributed by atoms with Gasteiger partial charge in [0.25, 0.3) is 0 Å². The van der Waals surface area contributed by atoms with Crippen molar-refractivity contribution in [3.05, 3.63) is 96.8 Å². The minimum absolute atomic E-state index is 0.207. The highest BCUT2D eigenvalue weighted by Gasteiger charge is 2.07. The van der Waals surface area contributed by atoms with Crippen LogP contribution in [0.2, 0.25) is 0 Å². The first-order valence-corrected chi connectivity index (χ1v) is 9.37. The molecule has 0 spiro atoms. The SMILES string of the molecule is Fc1ccc(-c2ccc(-c3ccc4sc5ccccc5c4c3)cc2)cc1. The molecule has 0 saturated carbocycles. The van der Waals surface area contributed by atoms with E-state index in [1.54, 1.807) is 0 Å². The maximum atomic E-state index is 13.1. The summed E-state index contributed by atoms with van der Waals surface area (Å²) in [5.41, 5.74) is 4.52. The van der Waals surface area contributed by atoms with E-state index in [0.29, 0.717) is 0 Å². The molecule has 0 amide bonds. The molecule has 0 saturated heterocycles. The molecule has 2 heteroatoms. The molecule has 0 fully saturated rings. The first kappa shape index (κ1) is 15.3. The van der Waals surface area contributed by atoms with Gasteiger partial charge in [0.15, 0.2) is 0 Å². The molecule has 0 nitrogen and oxygen atoms in total. The highest BCUT2D eigenvalue weighted by molar-refractivity contribution is 7.25. The minimum atomic E-state index is -0.207. The van der Waals surface area contributed by atoms with Crippen LogP contribution in [-0.2, 0) is 0 Å². The summed E-state index contributed by atoms with van der Waals surface area (Å²) in [5, 5.41) is 2.63. The van der Waals surface area contributed by atoms with Crippen molar-refractivity contribution in [1.82, 2.24) is 0 Å². The summed E-state index contributed by atoms with van der Waals surface area (Å²) in [7, 11) is 0. The highest BCUT2D eigenvalue weighted by Crippen LogP contribution is 2.36. The summed E-state index contributed by atoms with van der Waals surface area (Å²) < 4.78 is 15.7. The van der Waals surface area contributed by atoms with Gasteiger partial charge in [-0.05, 0) is 52.6 Å². The molecule has 0 N–H and O–H groups in total. The van der Waals surface area contributed by atoms with Crippen molar-refractivity contribution in [2.75, 3.05) is 0 Å². The van der Waals surface area contributed by atoms with E-state index < -0.39 is 0 Å². The molecular weight excluding hydrogens is 339 g/mol. The standard InChI is InChI=1S/C24H15FS/c25-20-12-9-17(10-13-20)16-5-7-18(8-6-16)19-11-14-24-22(15-19)21-3-1-2-4-23(21)26-24/h1-15H. The lowest BCUT2D eigenvalue weighted by atomic mass is 9.99. The van der Waals surface area contributed by atoms with Gasteiger partial charge < -0.3 is 0 Å². The summed E-state index contributed by atoms with van der Waals surface area (Å²) in [6.45, 7) is 0. The molecule has 0 atom stereocenters. The van der Waals surface area contributed by atoms with Crippen LogP contribution >= 0.6 is 11.3 Å². The quantitative estimate of drug-likeness (QED) is 0.307. The maximum absolute atomic E-state index is 13.1. The zero-order chi connectivity index (χ0) is 17.5. The van der Waals surface area contributed by atoms with Gasteiger partial charge in [-0.2, -0.15) is 0 Å². The summed E-state index contributed by atoms with van der Waals surface area (Å²) in [5.74, 6) is -0.207. The van der Waals surface area contributed by atoms with E-state index >= 15 is 0 Å². The van der Waals surface area contributed by atoms with Crippen LogP contribution in [0.3, 0.4) is 0 Å². The van der Waals surface area contributed by atoms with Gasteiger partial charge >= 0.3 is 0 Å². The minimum Gasteiger partial charge on any atom is -0.207 e. The van der Waals surface area contributed by atoms with Crippen LogP contribution in [0.5, 0.6) is 0 Å². The molecule has 1 aromatic heterocycles. The fraction of sp³-hybridized carbons (Fsp3) is 0. The van der Waals surface area contributed by atoms with E-state index in [4.69, 9.17) is 0 Å². The molecular formula is C24H15FS. The van der Waals surface area contributed by atoms with Gasteiger partial charge in [0.2, 0.25) is 0 Å². The van der Waals surface area contributed by atoms with Gasteiger partial charge in [0, 0.05) is 20.2 Å². The smallest absolute Gasteiger partial charge is 0.123 e. The molecule has 5 aromatic rings. The monoisotopic (exact) mass is 354 g/mol. The Labute approximate surface area is 155 Å². The average molecular weight is 354 g/mol. The van der Waals surface area contributed by atoms with Crippen LogP contribution in [0.15, 0.2) is 91.0 Å². The molecule has 0 unspecified atom stereocenters. The average Bonchev–Trinajstić information content (AvgIpc) is 3.07. The Morgan fingerprint density at radius 3 is 1.77 bits per heavy atom. The molecule has 0 radical (unpaired) electrons. The Kier molecular flexibility index (Phi) is 3.58. The van der Waals surface area contributed by atoms with Crippen molar-refractivity contribution < 1.29 is 4.39 Å². The van der Waals surface area contributed by atoms with Crippen LogP contribution in [0, 0.1) is 5.82 Å². The van der Waals surface area contributed by atoms with Gasteiger partial charge in [-0.1, -0.05) is 60.7 Å². The lowest BCUT2D eigenvalue weighted by molar-refractivity contribution is 0.628. The lowest BCUT2D eigenvalue weighted by Gasteiger charge is -2.06. The third-order valence-corrected chi connectivity index (χ3v) is 5.92. The molecule has 0 bridgehead atoms. The number of halogens is 1. The van der Waals surface area contributed by atoms with E-state index in [1.807, 2.05) is 23.5 Å². The Hall–Kier alpha value is -2.97. The fourth-order valence-electron chi connectivity index (χ4n) is 3.40. The number of rotatable bonds is 2. The van der Waals surface area contributed by atoms with Crippen molar-refractivity contribution in [2.24, 2.45) is 0 Å². The zero-order valence-corrected chi connectivity index (χ0v) is 14.8. The van der Waals surface area contributed by atoms with Gasteiger partial charge in [0.1, 0.15) is 5.82 Å². The first-order chi connectivity index (χ1) is 12.8. The normalized spacial score (nSPS) is 11.3. The van der Waals surface area contributed by atoms with E-state index in [9.17, 15) is 4.39 Å². The number of thiophene rings is 1. The highest BCUT2D eigenvalue weighted by atomic mass is 32.1. The van der Waals surface area contributed by atoms with Crippen molar-refractivity contribution in [3.8, 4) is 22.3 Å². The lowest BCUT2D eigenvalue weighted by Crippen LogP contribution is -1.81. The molecule has 26 heavy (non-hydrogen) atoms. The van der Waals surface area contributed by atoms with E-state index in [2.05, 4.69) is 66.7 Å². The van der Waals surface area contributed by atoms with E-state index in [1.165, 1.54) is 43.4 Å². The van der Waals surface area contributed by atoms with Gasteiger partial charge in [-0.15, -0.1) is 11.3 Å². The first-order valence-electron chi connectivity index (χ1n) is 8.56. The zero-order valence-electron chi connectivity index (χ0n) is 13.9. The molecule has 5 rings (SSSR count). The largest absolute Gasteiger partial charge is 0.207 e. The predicted molar refractivity (Wildman–Crippen MR) is 110 cm³/mol. The Morgan fingerprint density at radius 1 is 0.500 bits per heavy atom. The molecule has 4 aromatic carbocycles.